The van der Waals surface area contributed by atoms with Crippen LogP contribution in [-0.4, -0.2) is 44.2 Å². The number of benzene rings is 2. The number of methoxy groups -OCH3 is 3. The van der Waals surface area contributed by atoms with Crippen molar-refractivity contribution >= 4 is 33.5 Å². The number of rotatable bonds is 7. The Kier molecular flexibility index (Phi) is 6.39. The fraction of sp³-hybridized carbons (Fsp3) is 0.273. The fourth-order valence-corrected chi connectivity index (χ4v) is 3.97. The maximum absolute atomic E-state index is 12.7. The van der Waals surface area contributed by atoms with Crippen molar-refractivity contribution in [1.29, 1.82) is 0 Å². The Labute approximate surface area is 174 Å². The molecule has 0 fully saturated rings. The molecule has 0 radical (unpaired) electrons. The van der Waals surface area contributed by atoms with Gasteiger partial charge >= 0.3 is 0 Å². The molecule has 0 aliphatic heterocycles. The second kappa shape index (κ2) is 8.96. The number of aromatic nitrogens is 1. The monoisotopic (exact) mass is 412 g/mol. The molecule has 1 heterocycles. The molecule has 1 aromatic heterocycles. The standard InChI is InChI=1S/C22H24N2O4S/c1-14(22-23-16-8-6-7-9-19(16)29-22)24(2)20(25)11-10-15-12-17(26-3)21(28-5)18(13-15)27-4/h6-14H,1-5H3. The van der Waals surface area contributed by atoms with E-state index in [0.717, 1.165) is 20.8 Å². The van der Waals surface area contributed by atoms with Crippen LogP contribution >= 0.6 is 11.3 Å². The van der Waals surface area contributed by atoms with Crippen LogP contribution in [0.15, 0.2) is 42.5 Å². The maximum Gasteiger partial charge on any atom is 0.246 e. The topological polar surface area (TPSA) is 60.9 Å². The average Bonchev–Trinajstić information content (AvgIpc) is 3.19. The fourth-order valence-electron chi connectivity index (χ4n) is 2.91. The molecule has 0 aliphatic carbocycles. The Morgan fingerprint density at radius 3 is 2.34 bits per heavy atom. The lowest BCUT2D eigenvalue weighted by Crippen LogP contribution is -2.27. The predicted molar refractivity (Wildman–Crippen MR) is 116 cm³/mol. The maximum atomic E-state index is 12.7. The molecule has 0 N–H and O–H groups in total. The van der Waals surface area contributed by atoms with Crippen molar-refractivity contribution < 1.29 is 19.0 Å². The minimum atomic E-state index is -0.135. The van der Waals surface area contributed by atoms with E-state index in [-0.39, 0.29) is 11.9 Å². The third-order valence-corrected chi connectivity index (χ3v) is 5.91. The Morgan fingerprint density at radius 1 is 1.10 bits per heavy atom. The first-order valence-electron chi connectivity index (χ1n) is 9.08. The molecule has 1 atom stereocenters. The van der Waals surface area contributed by atoms with Crippen molar-refractivity contribution in [3.05, 3.63) is 53.0 Å². The summed E-state index contributed by atoms with van der Waals surface area (Å²) in [4.78, 5) is 19.0. The van der Waals surface area contributed by atoms with Crippen LogP contribution < -0.4 is 14.2 Å². The Bertz CT molecular complexity index is 986. The molecule has 0 saturated carbocycles. The molecule has 0 bridgehead atoms. The lowest BCUT2D eigenvalue weighted by atomic mass is 10.1. The van der Waals surface area contributed by atoms with E-state index in [1.165, 1.54) is 6.08 Å². The van der Waals surface area contributed by atoms with Crippen molar-refractivity contribution in [2.75, 3.05) is 28.4 Å². The Balaban J connectivity index is 1.79. The van der Waals surface area contributed by atoms with E-state index in [2.05, 4.69) is 4.98 Å². The SMILES string of the molecule is COc1cc(C=CC(=O)N(C)C(C)c2nc3ccccc3s2)cc(OC)c1OC. The van der Waals surface area contributed by atoms with Crippen LogP contribution in [0.1, 0.15) is 23.5 Å². The van der Waals surface area contributed by atoms with Crippen LogP contribution in [0.5, 0.6) is 17.2 Å². The van der Waals surface area contributed by atoms with Gasteiger partial charge in [0.05, 0.1) is 37.6 Å². The summed E-state index contributed by atoms with van der Waals surface area (Å²) in [5.41, 5.74) is 1.72. The number of amides is 1. The van der Waals surface area contributed by atoms with Crippen molar-refractivity contribution in [2.24, 2.45) is 0 Å². The Morgan fingerprint density at radius 2 is 1.76 bits per heavy atom. The summed E-state index contributed by atoms with van der Waals surface area (Å²) in [5.74, 6) is 1.47. The second-order valence-corrected chi connectivity index (χ2v) is 7.50. The lowest BCUT2D eigenvalue weighted by molar-refractivity contribution is -0.126. The average molecular weight is 413 g/mol. The van der Waals surface area contributed by atoms with Gasteiger partial charge in [-0.05, 0) is 42.8 Å². The first-order valence-corrected chi connectivity index (χ1v) is 9.90. The summed E-state index contributed by atoms with van der Waals surface area (Å²) in [7, 11) is 6.45. The summed E-state index contributed by atoms with van der Waals surface area (Å²) in [6, 6.07) is 11.4. The molecule has 0 saturated heterocycles. The molecule has 29 heavy (non-hydrogen) atoms. The molecular formula is C22H24N2O4S. The van der Waals surface area contributed by atoms with E-state index in [1.807, 2.05) is 31.2 Å². The van der Waals surface area contributed by atoms with Crippen LogP contribution in [0.2, 0.25) is 0 Å². The molecule has 0 aliphatic rings. The zero-order chi connectivity index (χ0) is 21.0. The van der Waals surface area contributed by atoms with Crippen LogP contribution in [0.4, 0.5) is 0 Å². The highest BCUT2D eigenvalue weighted by molar-refractivity contribution is 7.18. The number of nitrogens with zero attached hydrogens (tertiary/aromatic N) is 2. The molecule has 6 nitrogen and oxygen atoms in total. The van der Waals surface area contributed by atoms with E-state index in [9.17, 15) is 4.79 Å². The number of hydrogen-bond acceptors (Lipinski definition) is 6. The highest BCUT2D eigenvalue weighted by atomic mass is 32.1. The first-order chi connectivity index (χ1) is 14.0. The van der Waals surface area contributed by atoms with Crippen LogP contribution in [-0.2, 0) is 4.79 Å². The molecule has 1 amide bonds. The molecular weight excluding hydrogens is 388 g/mol. The van der Waals surface area contributed by atoms with Gasteiger partial charge in [-0.2, -0.15) is 0 Å². The number of ether oxygens (including phenoxy) is 3. The van der Waals surface area contributed by atoms with Gasteiger partial charge in [0.25, 0.3) is 0 Å². The van der Waals surface area contributed by atoms with Gasteiger partial charge in [0.1, 0.15) is 5.01 Å². The minimum Gasteiger partial charge on any atom is -0.493 e. The predicted octanol–water partition coefficient (Wildman–Crippen LogP) is 4.55. The number of likely N-dealkylation sites (N-methyl/N-ethyl adjacent to an activating group) is 1. The zero-order valence-corrected chi connectivity index (χ0v) is 17.9. The van der Waals surface area contributed by atoms with Gasteiger partial charge in [0, 0.05) is 13.1 Å². The summed E-state index contributed by atoms with van der Waals surface area (Å²) in [5, 5.41) is 0.906. The number of fused-ring (bicyclic) bond motifs is 1. The van der Waals surface area contributed by atoms with Crippen LogP contribution in [0.25, 0.3) is 16.3 Å². The first kappa shape index (κ1) is 20.7. The second-order valence-electron chi connectivity index (χ2n) is 6.44. The smallest absolute Gasteiger partial charge is 0.246 e. The van der Waals surface area contributed by atoms with Gasteiger partial charge < -0.3 is 19.1 Å². The summed E-state index contributed by atoms with van der Waals surface area (Å²) >= 11 is 1.60. The quantitative estimate of drug-likeness (QED) is 0.533. The number of thiazole rings is 1. The summed E-state index contributed by atoms with van der Waals surface area (Å²) < 4.78 is 17.2. The number of hydrogen-bond donors (Lipinski definition) is 0. The molecule has 152 valence electrons. The number of carbonyl (C=O) groups excluding carboxylic acids is 1. The summed E-state index contributed by atoms with van der Waals surface area (Å²) in [6.45, 7) is 1.98. The van der Waals surface area contributed by atoms with E-state index in [1.54, 1.807) is 62.8 Å². The highest BCUT2D eigenvalue weighted by Crippen LogP contribution is 2.38. The van der Waals surface area contributed by atoms with Crippen molar-refractivity contribution in [2.45, 2.75) is 13.0 Å². The third kappa shape index (κ3) is 4.35. The molecule has 3 rings (SSSR count). The summed E-state index contributed by atoms with van der Waals surface area (Å²) in [6.07, 6.45) is 3.26. The van der Waals surface area contributed by atoms with Crippen LogP contribution in [0, 0.1) is 0 Å². The van der Waals surface area contributed by atoms with Gasteiger partial charge in [-0.3, -0.25) is 4.79 Å². The van der Waals surface area contributed by atoms with Crippen molar-refractivity contribution in [1.82, 2.24) is 9.88 Å². The van der Waals surface area contributed by atoms with E-state index in [0.29, 0.717) is 17.2 Å². The van der Waals surface area contributed by atoms with Crippen LogP contribution in [0.3, 0.4) is 0 Å². The van der Waals surface area contributed by atoms with Crippen molar-refractivity contribution in [3.8, 4) is 17.2 Å². The molecule has 2 aromatic carbocycles. The lowest BCUT2D eigenvalue weighted by Gasteiger charge is -2.21. The number of carbonyl (C=O) groups is 1. The molecule has 7 heteroatoms. The normalized spacial score (nSPS) is 12.2. The van der Waals surface area contributed by atoms with E-state index < -0.39 is 0 Å². The van der Waals surface area contributed by atoms with Gasteiger partial charge in [-0.25, -0.2) is 4.98 Å². The zero-order valence-electron chi connectivity index (χ0n) is 17.1. The Hall–Kier alpha value is -3.06. The molecule has 0 spiro atoms. The number of para-hydroxylation sites is 1. The van der Waals surface area contributed by atoms with Gasteiger partial charge in [-0.1, -0.05) is 12.1 Å². The van der Waals surface area contributed by atoms with E-state index >= 15 is 0 Å². The third-order valence-electron chi connectivity index (χ3n) is 4.70. The largest absolute Gasteiger partial charge is 0.493 e. The van der Waals surface area contributed by atoms with Gasteiger partial charge in [0.15, 0.2) is 11.5 Å². The van der Waals surface area contributed by atoms with Gasteiger partial charge in [0.2, 0.25) is 11.7 Å². The molecule has 1 unspecified atom stereocenters. The van der Waals surface area contributed by atoms with Gasteiger partial charge in [-0.15, -0.1) is 11.3 Å². The molecule has 3 aromatic rings. The highest BCUT2D eigenvalue weighted by Gasteiger charge is 2.19. The minimum absolute atomic E-state index is 0.120. The van der Waals surface area contributed by atoms with Crippen molar-refractivity contribution in [3.63, 3.8) is 0 Å². The van der Waals surface area contributed by atoms with E-state index in [4.69, 9.17) is 14.2 Å².